The molecule has 1 aromatic rings. The highest BCUT2D eigenvalue weighted by molar-refractivity contribution is 5.69. The van der Waals surface area contributed by atoms with Crippen molar-refractivity contribution in [2.24, 2.45) is 5.92 Å². The third-order valence-electron chi connectivity index (χ3n) is 2.38. The predicted molar refractivity (Wildman–Crippen MR) is 53.4 cm³/mol. The maximum absolute atomic E-state index is 12.4. The molecule has 0 saturated carbocycles. The Morgan fingerprint density at radius 2 is 2.18 bits per heavy atom. The van der Waals surface area contributed by atoms with Crippen LogP contribution in [0.5, 0.6) is 0 Å². The number of rotatable bonds is 4. The highest BCUT2D eigenvalue weighted by Crippen LogP contribution is 2.28. The number of carboxylic acid groups (broad SMARTS) is 1. The van der Waals surface area contributed by atoms with Gasteiger partial charge in [0.1, 0.15) is 0 Å². The predicted octanol–water partition coefficient (Wildman–Crippen LogP) is 2.18. The molecule has 0 aliphatic rings. The molecule has 0 radical (unpaired) electrons. The third kappa shape index (κ3) is 3.21. The van der Waals surface area contributed by atoms with E-state index in [2.05, 4.69) is 5.10 Å². The van der Waals surface area contributed by atoms with Gasteiger partial charge in [0, 0.05) is 5.69 Å². The molecule has 17 heavy (non-hydrogen) atoms. The minimum atomic E-state index is -4.50. The summed E-state index contributed by atoms with van der Waals surface area (Å²) in [5, 5.41) is 12.1. The van der Waals surface area contributed by atoms with E-state index in [9.17, 15) is 18.0 Å². The monoisotopic (exact) mass is 250 g/mol. The third-order valence-corrected chi connectivity index (χ3v) is 2.38. The van der Waals surface area contributed by atoms with E-state index in [1.54, 1.807) is 6.92 Å². The summed E-state index contributed by atoms with van der Waals surface area (Å²) in [4.78, 5) is 10.6. The average Bonchev–Trinajstić information content (AvgIpc) is 2.60. The summed E-state index contributed by atoms with van der Waals surface area (Å²) in [5.74, 6) is -1.84. The van der Waals surface area contributed by atoms with Gasteiger partial charge in [-0.15, -0.1) is 0 Å². The first-order chi connectivity index (χ1) is 7.75. The zero-order valence-corrected chi connectivity index (χ0v) is 9.45. The maximum Gasteiger partial charge on any atom is 0.435 e. The van der Waals surface area contributed by atoms with Crippen molar-refractivity contribution < 1.29 is 23.1 Å². The zero-order valence-electron chi connectivity index (χ0n) is 9.45. The molecule has 96 valence electrons. The van der Waals surface area contributed by atoms with Gasteiger partial charge in [0.05, 0.1) is 12.5 Å². The molecule has 4 nitrogen and oxygen atoms in total. The van der Waals surface area contributed by atoms with E-state index < -0.39 is 23.8 Å². The SMILES string of the molecule is CCc1cc(C(F)(F)F)nn1CC(C)C(=O)O. The first-order valence-electron chi connectivity index (χ1n) is 5.12. The van der Waals surface area contributed by atoms with Crippen LogP contribution in [0.4, 0.5) is 13.2 Å². The standard InChI is InChI=1S/C10H13F3N2O2/c1-3-7-4-8(10(11,12)13)14-15(7)5-6(2)9(16)17/h4,6H,3,5H2,1-2H3,(H,16,17). The molecular formula is C10H13F3N2O2. The van der Waals surface area contributed by atoms with Gasteiger partial charge >= 0.3 is 12.1 Å². The molecule has 1 atom stereocenters. The first kappa shape index (κ1) is 13.5. The molecule has 1 N–H and O–H groups in total. The fourth-order valence-corrected chi connectivity index (χ4v) is 1.37. The van der Waals surface area contributed by atoms with E-state index >= 15 is 0 Å². The Morgan fingerprint density at radius 1 is 1.59 bits per heavy atom. The van der Waals surface area contributed by atoms with Crippen LogP contribution in [-0.2, 0) is 23.9 Å². The van der Waals surface area contributed by atoms with Crippen LogP contribution >= 0.6 is 0 Å². The summed E-state index contributed by atoms with van der Waals surface area (Å²) >= 11 is 0. The molecule has 1 rings (SSSR count). The number of carbonyl (C=O) groups is 1. The Morgan fingerprint density at radius 3 is 2.59 bits per heavy atom. The minimum absolute atomic E-state index is 0.0609. The second-order valence-corrected chi connectivity index (χ2v) is 3.79. The van der Waals surface area contributed by atoms with Crippen LogP contribution in [0.25, 0.3) is 0 Å². The lowest BCUT2D eigenvalue weighted by molar-refractivity contribution is -0.141. The van der Waals surface area contributed by atoms with Crippen molar-refractivity contribution >= 4 is 5.97 Å². The molecule has 1 aromatic heterocycles. The lowest BCUT2D eigenvalue weighted by Gasteiger charge is -2.09. The summed E-state index contributed by atoms with van der Waals surface area (Å²) in [5.41, 5.74) is -0.600. The van der Waals surface area contributed by atoms with Crippen molar-refractivity contribution in [2.45, 2.75) is 33.0 Å². The number of halogens is 3. The minimum Gasteiger partial charge on any atom is -0.481 e. The van der Waals surface area contributed by atoms with Gasteiger partial charge in [-0.2, -0.15) is 18.3 Å². The van der Waals surface area contributed by atoms with Gasteiger partial charge in [-0.3, -0.25) is 9.48 Å². The van der Waals surface area contributed by atoms with E-state index in [0.29, 0.717) is 12.1 Å². The summed E-state index contributed by atoms with van der Waals surface area (Å²) in [6.07, 6.45) is -4.13. The number of aromatic nitrogens is 2. The summed E-state index contributed by atoms with van der Waals surface area (Å²) in [7, 11) is 0. The molecule has 0 saturated heterocycles. The zero-order chi connectivity index (χ0) is 13.2. The number of aliphatic carboxylic acids is 1. The molecule has 0 aromatic carbocycles. The number of hydrogen-bond acceptors (Lipinski definition) is 2. The molecule has 0 amide bonds. The first-order valence-corrected chi connectivity index (χ1v) is 5.12. The van der Waals surface area contributed by atoms with E-state index in [-0.39, 0.29) is 6.54 Å². The molecule has 0 aliphatic heterocycles. The van der Waals surface area contributed by atoms with Crippen LogP contribution in [0.3, 0.4) is 0 Å². The van der Waals surface area contributed by atoms with Crippen molar-refractivity contribution in [1.29, 1.82) is 0 Å². The van der Waals surface area contributed by atoms with E-state index in [1.165, 1.54) is 6.92 Å². The largest absolute Gasteiger partial charge is 0.481 e. The van der Waals surface area contributed by atoms with Gasteiger partial charge in [-0.1, -0.05) is 13.8 Å². The average molecular weight is 250 g/mol. The Bertz CT molecular complexity index is 412. The van der Waals surface area contributed by atoms with Gasteiger partial charge in [0.15, 0.2) is 5.69 Å². The molecule has 0 aliphatic carbocycles. The van der Waals surface area contributed by atoms with Crippen LogP contribution < -0.4 is 0 Å². The highest BCUT2D eigenvalue weighted by atomic mass is 19.4. The Kier molecular flexibility index (Phi) is 3.79. The van der Waals surface area contributed by atoms with Crippen LogP contribution in [-0.4, -0.2) is 20.9 Å². The normalized spacial score (nSPS) is 13.7. The fraction of sp³-hybridized carbons (Fsp3) is 0.600. The van der Waals surface area contributed by atoms with Crippen LogP contribution in [0.15, 0.2) is 6.07 Å². The molecule has 1 heterocycles. The quantitative estimate of drug-likeness (QED) is 0.891. The highest BCUT2D eigenvalue weighted by Gasteiger charge is 2.34. The Balaban J connectivity index is 2.99. The second kappa shape index (κ2) is 4.77. The molecular weight excluding hydrogens is 237 g/mol. The van der Waals surface area contributed by atoms with Gasteiger partial charge in [0.25, 0.3) is 0 Å². The van der Waals surface area contributed by atoms with Crippen LogP contribution in [0.1, 0.15) is 25.2 Å². The van der Waals surface area contributed by atoms with Crippen LogP contribution in [0.2, 0.25) is 0 Å². The Labute approximate surface area is 96.0 Å². The lowest BCUT2D eigenvalue weighted by Crippen LogP contribution is -2.19. The molecule has 0 fully saturated rings. The van der Waals surface area contributed by atoms with Gasteiger partial charge in [-0.05, 0) is 12.5 Å². The van der Waals surface area contributed by atoms with Crippen LogP contribution in [0, 0.1) is 5.92 Å². The lowest BCUT2D eigenvalue weighted by atomic mass is 10.2. The number of aryl methyl sites for hydroxylation is 1. The maximum atomic E-state index is 12.4. The fourth-order valence-electron chi connectivity index (χ4n) is 1.37. The van der Waals surface area contributed by atoms with Gasteiger partial charge < -0.3 is 5.11 Å². The van der Waals surface area contributed by atoms with Crippen molar-refractivity contribution in [2.75, 3.05) is 0 Å². The summed E-state index contributed by atoms with van der Waals surface area (Å²) in [6, 6.07) is 0.953. The van der Waals surface area contributed by atoms with E-state index in [4.69, 9.17) is 5.11 Å². The van der Waals surface area contributed by atoms with Gasteiger partial charge in [0.2, 0.25) is 0 Å². The van der Waals surface area contributed by atoms with Crippen molar-refractivity contribution in [3.05, 3.63) is 17.5 Å². The Hall–Kier alpha value is -1.53. The van der Waals surface area contributed by atoms with E-state index in [1.807, 2.05) is 0 Å². The second-order valence-electron chi connectivity index (χ2n) is 3.79. The summed E-state index contributed by atoms with van der Waals surface area (Å²) < 4.78 is 38.4. The molecule has 7 heteroatoms. The topological polar surface area (TPSA) is 55.1 Å². The molecule has 0 spiro atoms. The smallest absolute Gasteiger partial charge is 0.435 e. The molecule has 0 bridgehead atoms. The number of nitrogens with zero attached hydrogens (tertiary/aromatic N) is 2. The number of carboxylic acids is 1. The van der Waals surface area contributed by atoms with E-state index in [0.717, 1.165) is 10.7 Å². The van der Waals surface area contributed by atoms with Crippen molar-refractivity contribution in [3.8, 4) is 0 Å². The summed E-state index contributed by atoms with van der Waals surface area (Å²) in [6.45, 7) is 3.06. The number of hydrogen-bond donors (Lipinski definition) is 1. The van der Waals surface area contributed by atoms with Crippen molar-refractivity contribution in [1.82, 2.24) is 9.78 Å². The van der Waals surface area contributed by atoms with Gasteiger partial charge in [-0.25, -0.2) is 0 Å². The number of alkyl halides is 3. The molecule has 1 unspecified atom stereocenters. The van der Waals surface area contributed by atoms with Crippen molar-refractivity contribution in [3.63, 3.8) is 0 Å².